The van der Waals surface area contributed by atoms with Gasteiger partial charge in [0.15, 0.2) is 0 Å². The summed E-state index contributed by atoms with van der Waals surface area (Å²) >= 11 is 0. The third-order valence-electron chi connectivity index (χ3n) is 4.88. The molecule has 0 radical (unpaired) electrons. The maximum Gasteiger partial charge on any atom is 0.305 e. The first kappa shape index (κ1) is 17.7. The highest BCUT2D eigenvalue weighted by Gasteiger charge is 2.35. The average molecular weight is 347 g/mol. The van der Waals surface area contributed by atoms with Crippen LogP contribution in [0.4, 0.5) is 0 Å². The van der Waals surface area contributed by atoms with Gasteiger partial charge in [-0.1, -0.05) is 26.0 Å². The molecule has 25 heavy (non-hydrogen) atoms. The molecule has 1 saturated heterocycles. The van der Waals surface area contributed by atoms with Crippen LogP contribution in [0.5, 0.6) is 5.75 Å². The first-order valence-corrected chi connectivity index (χ1v) is 8.77. The smallest absolute Gasteiger partial charge is 0.305 e. The first-order chi connectivity index (χ1) is 11.9. The number of ether oxygens (including phenoxy) is 2. The second-order valence-corrected chi connectivity index (χ2v) is 7.38. The summed E-state index contributed by atoms with van der Waals surface area (Å²) in [6.45, 7) is 5.99. The van der Waals surface area contributed by atoms with Gasteiger partial charge in [0.25, 0.3) is 5.91 Å². The summed E-state index contributed by atoms with van der Waals surface area (Å²) in [6, 6.07) is 5.61. The highest BCUT2D eigenvalue weighted by atomic mass is 16.5. The quantitative estimate of drug-likeness (QED) is 0.855. The van der Waals surface area contributed by atoms with Crippen LogP contribution in [0.1, 0.15) is 49.0 Å². The molecule has 3 rings (SSSR count). The molecule has 1 aromatic rings. The Bertz CT molecular complexity index is 664. The van der Waals surface area contributed by atoms with Gasteiger partial charge in [-0.3, -0.25) is 9.59 Å². The van der Waals surface area contributed by atoms with Crippen LogP contribution < -0.4 is 4.74 Å². The standard InChI is InChI=1S/C19H25NO5/c1-19(2)12-25-17-14(6-3-7-15(17)19)18(23)20(9-8-16(21)22)11-13-5-4-10-24-13/h3,6-7,13H,4-5,8-12H2,1-2H3,(H,21,22). The van der Waals surface area contributed by atoms with E-state index in [-0.39, 0.29) is 30.4 Å². The zero-order valence-electron chi connectivity index (χ0n) is 14.8. The summed E-state index contributed by atoms with van der Waals surface area (Å²) in [4.78, 5) is 25.7. The van der Waals surface area contributed by atoms with Crippen LogP contribution in [0, 0.1) is 0 Å². The van der Waals surface area contributed by atoms with E-state index in [0.29, 0.717) is 31.1 Å². The number of para-hydroxylation sites is 1. The van der Waals surface area contributed by atoms with Crippen molar-refractivity contribution in [2.75, 3.05) is 26.3 Å². The van der Waals surface area contributed by atoms with Crippen molar-refractivity contribution in [1.82, 2.24) is 4.90 Å². The normalized spacial score (nSPS) is 20.8. The molecule has 1 fully saturated rings. The summed E-state index contributed by atoms with van der Waals surface area (Å²) in [7, 11) is 0. The predicted molar refractivity (Wildman–Crippen MR) is 92.1 cm³/mol. The third kappa shape index (κ3) is 3.79. The fraction of sp³-hybridized carbons (Fsp3) is 0.579. The summed E-state index contributed by atoms with van der Waals surface area (Å²) in [5.74, 6) is -0.475. The van der Waals surface area contributed by atoms with Crippen LogP contribution in [-0.4, -0.2) is 54.3 Å². The van der Waals surface area contributed by atoms with Gasteiger partial charge in [0.1, 0.15) is 5.75 Å². The van der Waals surface area contributed by atoms with Crippen molar-refractivity contribution in [3.05, 3.63) is 29.3 Å². The molecule has 0 bridgehead atoms. The number of rotatable bonds is 6. The molecule has 1 unspecified atom stereocenters. The Balaban J connectivity index is 1.84. The monoisotopic (exact) mass is 347 g/mol. The fourth-order valence-corrected chi connectivity index (χ4v) is 3.44. The maximum atomic E-state index is 13.1. The molecule has 1 amide bonds. The first-order valence-electron chi connectivity index (χ1n) is 8.77. The molecule has 1 N–H and O–H groups in total. The zero-order valence-corrected chi connectivity index (χ0v) is 14.8. The number of carboxylic acids is 1. The number of carbonyl (C=O) groups is 2. The number of fused-ring (bicyclic) bond motifs is 1. The predicted octanol–water partition coefficient (Wildman–Crippen LogP) is 2.45. The zero-order chi connectivity index (χ0) is 18.0. The number of carboxylic acid groups (broad SMARTS) is 1. The molecule has 1 aromatic carbocycles. The largest absolute Gasteiger partial charge is 0.492 e. The molecule has 2 aliphatic rings. The lowest BCUT2D eigenvalue weighted by Gasteiger charge is -2.25. The van der Waals surface area contributed by atoms with E-state index < -0.39 is 5.97 Å². The van der Waals surface area contributed by atoms with E-state index >= 15 is 0 Å². The van der Waals surface area contributed by atoms with E-state index in [1.807, 2.05) is 12.1 Å². The van der Waals surface area contributed by atoms with Crippen LogP contribution in [0.2, 0.25) is 0 Å². The highest BCUT2D eigenvalue weighted by Crippen LogP contribution is 2.40. The SMILES string of the molecule is CC1(C)COc2c(C(=O)N(CCC(=O)O)CC3CCCO3)cccc21. The van der Waals surface area contributed by atoms with Crippen LogP contribution in [-0.2, 0) is 14.9 Å². The minimum atomic E-state index is -0.916. The molecular weight excluding hydrogens is 322 g/mol. The number of hydrogen-bond acceptors (Lipinski definition) is 4. The third-order valence-corrected chi connectivity index (χ3v) is 4.88. The molecule has 6 nitrogen and oxygen atoms in total. The van der Waals surface area contributed by atoms with Crippen LogP contribution in [0.15, 0.2) is 18.2 Å². The second-order valence-electron chi connectivity index (χ2n) is 7.38. The maximum absolute atomic E-state index is 13.1. The van der Waals surface area contributed by atoms with E-state index in [9.17, 15) is 9.59 Å². The van der Waals surface area contributed by atoms with Gasteiger partial charge in [0.05, 0.1) is 24.7 Å². The molecule has 2 heterocycles. The number of benzene rings is 1. The number of aliphatic carboxylic acids is 1. The van der Waals surface area contributed by atoms with Gasteiger partial charge in [-0.15, -0.1) is 0 Å². The molecule has 0 aromatic heterocycles. The second kappa shape index (κ2) is 7.04. The molecular formula is C19H25NO5. The van der Waals surface area contributed by atoms with Crippen molar-refractivity contribution in [2.24, 2.45) is 0 Å². The van der Waals surface area contributed by atoms with Gasteiger partial charge in [-0.05, 0) is 18.9 Å². The Hall–Kier alpha value is -2.08. The van der Waals surface area contributed by atoms with Gasteiger partial charge in [-0.25, -0.2) is 0 Å². The summed E-state index contributed by atoms with van der Waals surface area (Å²) < 4.78 is 11.4. The van der Waals surface area contributed by atoms with Gasteiger partial charge >= 0.3 is 5.97 Å². The lowest BCUT2D eigenvalue weighted by Crippen LogP contribution is -2.39. The molecule has 6 heteroatoms. The number of amides is 1. The van der Waals surface area contributed by atoms with Crippen LogP contribution >= 0.6 is 0 Å². The van der Waals surface area contributed by atoms with Crippen molar-refractivity contribution in [3.8, 4) is 5.75 Å². The van der Waals surface area contributed by atoms with Crippen LogP contribution in [0.25, 0.3) is 0 Å². The molecule has 1 atom stereocenters. The van der Waals surface area contributed by atoms with Gasteiger partial charge in [0.2, 0.25) is 0 Å². The summed E-state index contributed by atoms with van der Waals surface area (Å²) in [5.41, 5.74) is 1.40. The Morgan fingerprint density at radius 3 is 2.84 bits per heavy atom. The Morgan fingerprint density at radius 2 is 2.16 bits per heavy atom. The van der Waals surface area contributed by atoms with Crippen molar-refractivity contribution >= 4 is 11.9 Å². The highest BCUT2D eigenvalue weighted by molar-refractivity contribution is 5.98. The van der Waals surface area contributed by atoms with Crippen molar-refractivity contribution in [3.63, 3.8) is 0 Å². The molecule has 136 valence electrons. The van der Waals surface area contributed by atoms with E-state index in [1.54, 1.807) is 11.0 Å². The lowest BCUT2D eigenvalue weighted by molar-refractivity contribution is -0.137. The minimum absolute atomic E-state index is 0.0214. The van der Waals surface area contributed by atoms with Gasteiger partial charge < -0.3 is 19.5 Å². The summed E-state index contributed by atoms with van der Waals surface area (Å²) in [5, 5.41) is 9.01. The number of carbonyl (C=O) groups excluding carboxylic acids is 1. The number of nitrogens with zero attached hydrogens (tertiary/aromatic N) is 1. The topological polar surface area (TPSA) is 76.1 Å². The van der Waals surface area contributed by atoms with Crippen molar-refractivity contribution in [2.45, 2.75) is 44.6 Å². The van der Waals surface area contributed by atoms with E-state index in [2.05, 4.69) is 13.8 Å². The van der Waals surface area contributed by atoms with Gasteiger partial charge in [-0.2, -0.15) is 0 Å². The van der Waals surface area contributed by atoms with Crippen molar-refractivity contribution in [1.29, 1.82) is 0 Å². The van der Waals surface area contributed by atoms with E-state index in [1.165, 1.54) is 0 Å². The fourth-order valence-electron chi connectivity index (χ4n) is 3.44. The average Bonchev–Trinajstić information content (AvgIpc) is 3.18. The number of hydrogen-bond donors (Lipinski definition) is 1. The van der Waals surface area contributed by atoms with Gasteiger partial charge in [0, 0.05) is 30.7 Å². The van der Waals surface area contributed by atoms with E-state index in [4.69, 9.17) is 14.6 Å². The minimum Gasteiger partial charge on any atom is -0.492 e. The summed E-state index contributed by atoms with van der Waals surface area (Å²) in [6.07, 6.45) is 1.77. The molecule has 2 aliphatic heterocycles. The lowest BCUT2D eigenvalue weighted by atomic mass is 9.86. The Morgan fingerprint density at radius 1 is 1.36 bits per heavy atom. The molecule has 0 spiro atoms. The Labute approximate surface area is 147 Å². The van der Waals surface area contributed by atoms with E-state index in [0.717, 1.165) is 18.4 Å². The molecule has 0 saturated carbocycles. The molecule has 0 aliphatic carbocycles. The Kier molecular flexibility index (Phi) is 4.99. The van der Waals surface area contributed by atoms with Crippen LogP contribution in [0.3, 0.4) is 0 Å². The van der Waals surface area contributed by atoms with Crippen molar-refractivity contribution < 1.29 is 24.2 Å².